The third-order valence-corrected chi connectivity index (χ3v) is 3.36. The molecule has 88 valence electrons. The minimum absolute atomic E-state index is 0.555. The summed E-state index contributed by atoms with van der Waals surface area (Å²) in [6, 6.07) is 6.63. The van der Waals surface area contributed by atoms with Crippen LogP contribution in [-0.2, 0) is 0 Å². The molecule has 0 radical (unpaired) electrons. The fraction of sp³-hybridized carbons (Fsp3) is 0.538. The highest BCUT2D eigenvalue weighted by Gasteiger charge is 2.17. The molecule has 1 atom stereocenters. The zero-order valence-corrected chi connectivity index (χ0v) is 10.2. The highest BCUT2D eigenvalue weighted by Crippen LogP contribution is 2.23. The molecule has 0 bridgehead atoms. The Morgan fingerprint density at radius 1 is 1.44 bits per heavy atom. The predicted octanol–water partition coefficient (Wildman–Crippen LogP) is 2.08. The molecule has 3 N–H and O–H groups in total. The quantitative estimate of drug-likeness (QED) is 0.748. The average molecular weight is 219 g/mol. The fourth-order valence-electron chi connectivity index (χ4n) is 2.31. The number of rotatable bonds is 2. The van der Waals surface area contributed by atoms with Crippen molar-refractivity contribution in [2.75, 3.05) is 31.2 Å². The first kappa shape index (κ1) is 11.3. The Hall–Kier alpha value is -1.22. The number of nitrogen functional groups attached to an aromatic ring is 1. The maximum absolute atomic E-state index is 5.90. The summed E-state index contributed by atoms with van der Waals surface area (Å²) in [5.74, 6) is 0. The topological polar surface area (TPSA) is 41.3 Å². The van der Waals surface area contributed by atoms with E-state index in [-0.39, 0.29) is 0 Å². The molecule has 1 fully saturated rings. The fourth-order valence-corrected chi connectivity index (χ4v) is 2.31. The molecule has 1 aliphatic rings. The van der Waals surface area contributed by atoms with E-state index in [1.807, 2.05) is 12.1 Å². The number of nitrogens with zero attached hydrogens (tertiary/aromatic N) is 1. The standard InChI is InChI=1S/C13H21N3/c1-10-12(14)6-3-7-13(10)15-11-5-4-8-16(2)9-11/h3,6-7,11,15H,4-5,8-9,14H2,1-2H3. The summed E-state index contributed by atoms with van der Waals surface area (Å²) in [5, 5.41) is 3.60. The van der Waals surface area contributed by atoms with Crippen LogP contribution in [0, 0.1) is 6.92 Å². The Morgan fingerprint density at radius 2 is 2.25 bits per heavy atom. The molecule has 1 saturated heterocycles. The number of piperidine rings is 1. The largest absolute Gasteiger partial charge is 0.398 e. The van der Waals surface area contributed by atoms with Gasteiger partial charge in [-0.05, 0) is 51.1 Å². The van der Waals surface area contributed by atoms with E-state index >= 15 is 0 Å². The van der Waals surface area contributed by atoms with Gasteiger partial charge < -0.3 is 16.0 Å². The van der Waals surface area contributed by atoms with E-state index < -0.39 is 0 Å². The van der Waals surface area contributed by atoms with Crippen molar-refractivity contribution in [2.24, 2.45) is 0 Å². The van der Waals surface area contributed by atoms with Crippen molar-refractivity contribution in [3.63, 3.8) is 0 Å². The van der Waals surface area contributed by atoms with Crippen molar-refractivity contribution in [1.29, 1.82) is 0 Å². The maximum atomic E-state index is 5.90. The SMILES string of the molecule is Cc1c(N)cccc1NC1CCCN(C)C1. The molecule has 1 aliphatic heterocycles. The first-order valence-electron chi connectivity index (χ1n) is 5.97. The third kappa shape index (κ3) is 2.47. The van der Waals surface area contributed by atoms with Gasteiger partial charge in [0.15, 0.2) is 0 Å². The molecule has 3 heteroatoms. The van der Waals surface area contributed by atoms with Crippen LogP contribution >= 0.6 is 0 Å². The van der Waals surface area contributed by atoms with E-state index in [9.17, 15) is 0 Å². The zero-order valence-electron chi connectivity index (χ0n) is 10.2. The second-order valence-electron chi connectivity index (χ2n) is 4.77. The summed E-state index contributed by atoms with van der Waals surface area (Å²) < 4.78 is 0. The van der Waals surface area contributed by atoms with Crippen molar-refractivity contribution in [1.82, 2.24) is 4.90 Å². The van der Waals surface area contributed by atoms with Gasteiger partial charge in [-0.25, -0.2) is 0 Å². The Kier molecular flexibility index (Phi) is 3.34. The second kappa shape index (κ2) is 4.74. The van der Waals surface area contributed by atoms with Crippen LogP contribution in [-0.4, -0.2) is 31.1 Å². The molecule has 16 heavy (non-hydrogen) atoms. The van der Waals surface area contributed by atoms with Gasteiger partial charge >= 0.3 is 0 Å². The summed E-state index contributed by atoms with van der Waals surface area (Å²) in [6.45, 7) is 4.41. The van der Waals surface area contributed by atoms with Crippen molar-refractivity contribution in [2.45, 2.75) is 25.8 Å². The molecule has 0 spiro atoms. The van der Waals surface area contributed by atoms with Crippen molar-refractivity contribution >= 4 is 11.4 Å². The Morgan fingerprint density at radius 3 is 3.00 bits per heavy atom. The molecular weight excluding hydrogens is 198 g/mol. The molecule has 0 saturated carbocycles. The van der Waals surface area contributed by atoms with Gasteiger partial charge in [0, 0.05) is 24.0 Å². The minimum atomic E-state index is 0.555. The van der Waals surface area contributed by atoms with Gasteiger partial charge in [0.2, 0.25) is 0 Å². The number of likely N-dealkylation sites (tertiary alicyclic amines) is 1. The van der Waals surface area contributed by atoms with Crippen molar-refractivity contribution < 1.29 is 0 Å². The normalized spacial score (nSPS) is 22.0. The van der Waals surface area contributed by atoms with Gasteiger partial charge in [-0.15, -0.1) is 0 Å². The Bertz CT molecular complexity index is 362. The van der Waals surface area contributed by atoms with Crippen LogP contribution in [0.5, 0.6) is 0 Å². The first-order chi connectivity index (χ1) is 7.66. The molecule has 0 aromatic heterocycles. The minimum Gasteiger partial charge on any atom is -0.398 e. The number of hydrogen-bond acceptors (Lipinski definition) is 3. The smallest absolute Gasteiger partial charge is 0.0393 e. The number of benzene rings is 1. The van der Waals surface area contributed by atoms with Gasteiger partial charge in [-0.1, -0.05) is 6.07 Å². The lowest BCUT2D eigenvalue weighted by Gasteiger charge is -2.31. The maximum Gasteiger partial charge on any atom is 0.0393 e. The molecule has 0 aliphatic carbocycles. The molecule has 1 heterocycles. The lowest BCUT2D eigenvalue weighted by atomic mass is 10.0. The van der Waals surface area contributed by atoms with E-state index in [0.717, 1.165) is 17.8 Å². The summed E-state index contributed by atoms with van der Waals surface area (Å²) >= 11 is 0. The van der Waals surface area contributed by atoms with Gasteiger partial charge in [0.05, 0.1) is 0 Å². The van der Waals surface area contributed by atoms with Crippen LogP contribution in [0.1, 0.15) is 18.4 Å². The van der Waals surface area contributed by atoms with Crippen LogP contribution in [0.15, 0.2) is 18.2 Å². The monoisotopic (exact) mass is 219 g/mol. The van der Waals surface area contributed by atoms with E-state index in [0.29, 0.717) is 6.04 Å². The van der Waals surface area contributed by atoms with Crippen LogP contribution in [0.4, 0.5) is 11.4 Å². The van der Waals surface area contributed by atoms with Crippen LogP contribution < -0.4 is 11.1 Å². The highest BCUT2D eigenvalue weighted by molar-refractivity contribution is 5.63. The summed E-state index contributed by atoms with van der Waals surface area (Å²) in [4.78, 5) is 2.38. The van der Waals surface area contributed by atoms with Crippen LogP contribution in [0.3, 0.4) is 0 Å². The van der Waals surface area contributed by atoms with Crippen LogP contribution in [0.2, 0.25) is 0 Å². The summed E-state index contributed by atoms with van der Waals surface area (Å²) in [5.41, 5.74) is 9.12. The van der Waals surface area contributed by atoms with Gasteiger partial charge in [0.1, 0.15) is 0 Å². The van der Waals surface area contributed by atoms with E-state index in [1.165, 1.54) is 25.1 Å². The zero-order chi connectivity index (χ0) is 11.5. The van der Waals surface area contributed by atoms with Crippen LogP contribution in [0.25, 0.3) is 0 Å². The van der Waals surface area contributed by atoms with E-state index in [4.69, 9.17) is 5.73 Å². The number of hydrogen-bond donors (Lipinski definition) is 2. The van der Waals surface area contributed by atoms with E-state index in [2.05, 4.69) is 30.3 Å². The average Bonchev–Trinajstić information content (AvgIpc) is 2.25. The van der Waals surface area contributed by atoms with Gasteiger partial charge in [-0.3, -0.25) is 0 Å². The molecule has 1 aromatic rings. The predicted molar refractivity (Wildman–Crippen MR) is 69.7 cm³/mol. The van der Waals surface area contributed by atoms with E-state index in [1.54, 1.807) is 0 Å². The van der Waals surface area contributed by atoms with Gasteiger partial charge in [0.25, 0.3) is 0 Å². The number of nitrogens with one attached hydrogen (secondary N) is 1. The lowest BCUT2D eigenvalue weighted by Crippen LogP contribution is -2.39. The lowest BCUT2D eigenvalue weighted by molar-refractivity contribution is 0.261. The highest BCUT2D eigenvalue weighted by atomic mass is 15.1. The summed E-state index contributed by atoms with van der Waals surface area (Å²) in [7, 11) is 2.18. The molecule has 0 amide bonds. The summed E-state index contributed by atoms with van der Waals surface area (Å²) in [6.07, 6.45) is 2.52. The second-order valence-corrected chi connectivity index (χ2v) is 4.77. The Labute approximate surface area is 97.6 Å². The third-order valence-electron chi connectivity index (χ3n) is 3.36. The number of likely N-dealkylation sites (N-methyl/N-ethyl adjacent to an activating group) is 1. The molecule has 1 aromatic carbocycles. The molecule has 3 nitrogen and oxygen atoms in total. The molecular formula is C13H21N3. The number of anilines is 2. The molecule has 2 rings (SSSR count). The van der Waals surface area contributed by atoms with Crippen molar-refractivity contribution in [3.8, 4) is 0 Å². The number of nitrogens with two attached hydrogens (primary N) is 1. The van der Waals surface area contributed by atoms with Gasteiger partial charge in [-0.2, -0.15) is 0 Å². The first-order valence-corrected chi connectivity index (χ1v) is 5.97. The molecule has 1 unspecified atom stereocenters. The Balaban J connectivity index is 2.05. The van der Waals surface area contributed by atoms with Crippen molar-refractivity contribution in [3.05, 3.63) is 23.8 Å².